The van der Waals surface area contributed by atoms with Crippen LogP contribution in [0.2, 0.25) is 0 Å². The van der Waals surface area contributed by atoms with E-state index in [0.29, 0.717) is 17.8 Å². The Balaban J connectivity index is 2.05. The van der Waals surface area contributed by atoms with Gasteiger partial charge in [-0.1, -0.05) is 31.2 Å². The summed E-state index contributed by atoms with van der Waals surface area (Å²) in [7, 11) is 1.75. The van der Waals surface area contributed by atoms with Gasteiger partial charge in [-0.15, -0.1) is 0 Å². The van der Waals surface area contributed by atoms with E-state index in [1.165, 1.54) is 12.5 Å². The molecule has 1 aromatic heterocycles. The normalized spacial score (nSPS) is 10.4. The molecule has 0 saturated heterocycles. The quantitative estimate of drug-likeness (QED) is 0.858. The van der Waals surface area contributed by atoms with Crippen LogP contribution in [-0.2, 0) is 13.0 Å². The largest absolute Gasteiger partial charge is 0.356 e. The number of nitrogens with one attached hydrogen (secondary N) is 1. The van der Waals surface area contributed by atoms with E-state index in [2.05, 4.69) is 24.0 Å². The first-order valence-corrected chi connectivity index (χ1v) is 7.04. The highest BCUT2D eigenvalue weighted by Gasteiger charge is 2.15. The summed E-state index contributed by atoms with van der Waals surface area (Å²) in [4.78, 5) is 28.0. The molecule has 0 bridgehead atoms. The average molecular weight is 284 g/mol. The van der Waals surface area contributed by atoms with Gasteiger partial charge in [0, 0.05) is 25.4 Å². The second-order valence-electron chi connectivity index (χ2n) is 5.19. The molecule has 0 spiro atoms. The maximum Gasteiger partial charge on any atom is 0.270 e. The Morgan fingerprint density at radius 2 is 1.76 bits per heavy atom. The minimum absolute atomic E-state index is 0.0527. The van der Waals surface area contributed by atoms with Crippen molar-refractivity contribution in [3.63, 3.8) is 0 Å². The van der Waals surface area contributed by atoms with E-state index >= 15 is 0 Å². The third-order valence-electron chi connectivity index (χ3n) is 3.52. The molecule has 0 fully saturated rings. The first-order valence-electron chi connectivity index (χ1n) is 7.04. The molecule has 0 radical (unpaired) electrons. The van der Waals surface area contributed by atoms with E-state index in [1.54, 1.807) is 24.2 Å². The van der Waals surface area contributed by atoms with Crippen molar-refractivity contribution in [3.8, 4) is 0 Å². The molecule has 0 unspecified atom stereocenters. The average Bonchev–Trinajstić information content (AvgIpc) is 2.97. The molecule has 1 aromatic carbocycles. The molecule has 0 aliphatic carbocycles. The van der Waals surface area contributed by atoms with Gasteiger partial charge in [0.1, 0.15) is 5.69 Å². The Bertz CT molecular complexity index is 641. The van der Waals surface area contributed by atoms with Gasteiger partial charge in [0.05, 0.1) is 0 Å². The van der Waals surface area contributed by atoms with Crippen molar-refractivity contribution >= 4 is 11.7 Å². The van der Waals surface area contributed by atoms with E-state index in [0.717, 1.165) is 12.0 Å². The standard InChI is InChI=1S/C17H20N2O2/c1-4-13-5-7-14(8-6-13)11-19(3)17(21)16-9-15(10-18-16)12(2)20/h5-10,18H,4,11H2,1-3H3. The molecule has 1 heterocycles. The van der Waals surface area contributed by atoms with Crippen molar-refractivity contribution in [1.82, 2.24) is 9.88 Å². The number of Topliss-reactive ketones (excluding diaryl/α,β-unsaturated/α-hetero) is 1. The van der Waals surface area contributed by atoms with E-state index in [-0.39, 0.29) is 11.7 Å². The van der Waals surface area contributed by atoms with Crippen LogP contribution in [0.1, 0.15) is 45.8 Å². The van der Waals surface area contributed by atoms with Gasteiger partial charge in [-0.25, -0.2) is 0 Å². The summed E-state index contributed by atoms with van der Waals surface area (Å²) in [5.41, 5.74) is 3.33. The van der Waals surface area contributed by atoms with Crippen molar-refractivity contribution in [2.75, 3.05) is 7.05 Å². The van der Waals surface area contributed by atoms with Crippen molar-refractivity contribution in [2.45, 2.75) is 26.8 Å². The minimum atomic E-state index is -0.123. The summed E-state index contributed by atoms with van der Waals surface area (Å²) in [5.74, 6) is -0.176. The maximum atomic E-state index is 12.3. The lowest BCUT2D eigenvalue weighted by atomic mass is 10.1. The molecule has 21 heavy (non-hydrogen) atoms. The van der Waals surface area contributed by atoms with Crippen LogP contribution >= 0.6 is 0 Å². The van der Waals surface area contributed by atoms with Gasteiger partial charge >= 0.3 is 0 Å². The topological polar surface area (TPSA) is 53.2 Å². The van der Waals surface area contributed by atoms with Crippen molar-refractivity contribution in [3.05, 3.63) is 58.9 Å². The first kappa shape index (κ1) is 15.0. The number of carbonyl (C=O) groups excluding carboxylic acids is 2. The number of aromatic amines is 1. The number of benzene rings is 1. The number of hydrogen-bond acceptors (Lipinski definition) is 2. The summed E-state index contributed by atoms with van der Waals surface area (Å²) >= 11 is 0. The summed E-state index contributed by atoms with van der Waals surface area (Å²) in [6.07, 6.45) is 2.57. The maximum absolute atomic E-state index is 12.3. The van der Waals surface area contributed by atoms with E-state index in [1.807, 2.05) is 12.1 Å². The Hall–Kier alpha value is -2.36. The lowest BCUT2D eigenvalue weighted by Gasteiger charge is -2.16. The van der Waals surface area contributed by atoms with Crippen LogP contribution in [0.15, 0.2) is 36.5 Å². The van der Waals surface area contributed by atoms with Crippen LogP contribution in [-0.4, -0.2) is 28.6 Å². The predicted molar refractivity (Wildman–Crippen MR) is 82.4 cm³/mol. The van der Waals surface area contributed by atoms with Crippen molar-refractivity contribution < 1.29 is 9.59 Å². The van der Waals surface area contributed by atoms with E-state index in [9.17, 15) is 9.59 Å². The summed E-state index contributed by atoms with van der Waals surface area (Å²) in [6.45, 7) is 4.14. The molecule has 4 nitrogen and oxygen atoms in total. The van der Waals surface area contributed by atoms with Crippen molar-refractivity contribution in [1.29, 1.82) is 0 Å². The van der Waals surface area contributed by atoms with Gasteiger partial charge in [-0.2, -0.15) is 0 Å². The number of ketones is 1. The Kier molecular flexibility index (Phi) is 4.58. The highest BCUT2D eigenvalue weighted by Crippen LogP contribution is 2.11. The Labute approximate surface area is 124 Å². The smallest absolute Gasteiger partial charge is 0.270 e. The van der Waals surface area contributed by atoms with Gasteiger partial charge in [0.15, 0.2) is 5.78 Å². The summed E-state index contributed by atoms with van der Waals surface area (Å²) in [5, 5.41) is 0. The lowest BCUT2D eigenvalue weighted by molar-refractivity contribution is 0.0780. The number of nitrogens with zero attached hydrogens (tertiary/aromatic N) is 1. The van der Waals surface area contributed by atoms with Crippen LogP contribution in [0.3, 0.4) is 0 Å². The lowest BCUT2D eigenvalue weighted by Crippen LogP contribution is -2.26. The van der Waals surface area contributed by atoms with E-state index < -0.39 is 0 Å². The van der Waals surface area contributed by atoms with Crippen LogP contribution in [0, 0.1) is 0 Å². The first-order chi connectivity index (χ1) is 10.0. The molecule has 0 saturated carbocycles. The molecule has 1 amide bonds. The van der Waals surface area contributed by atoms with Gasteiger partial charge in [-0.3, -0.25) is 9.59 Å². The highest BCUT2D eigenvalue weighted by molar-refractivity contribution is 5.98. The van der Waals surface area contributed by atoms with Gasteiger partial charge < -0.3 is 9.88 Å². The molecular formula is C17H20N2O2. The SMILES string of the molecule is CCc1ccc(CN(C)C(=O)c2cc(C(C)=O)c[nH]2)cc1. The number of rotatable bonds is 5. The van der Waals surface area contributed by atoms with Gasteiger partial charge in [-0.05, 0) is 30.5 Å². The summed E-state index contributed by atoms with van der Waals surface area (Å²) in [6, 6.07) is 9.84. The van der Waals surface area contributed by atoms with Crippen LogP contribution in [0.4, 0.5) is 0 Å². The minimum Gasteiger partial charge on any atom is -0.356 e. The second kappa shape index (κ2) is 6.39. The van der Waals surface area contributed by atoms with E-state index in [4.69, 9.17) is 0 Å². The number of aromatic nitrogens is 1. The second-order valence-corrected chi connectivity index (χ2v) is 5.19. The number of amides is 1. The van der Waals surface area contributed by atoms with Crippen LogP contribution in [0.25, 0.3) is 0 Å². The van der Waals surface area contributed by atoms with Crippen LogP contribution in [0.5, 0.6) is 0 Å². The fraction of sp³-hybridized carbons (Fsp3) is 0.294. The zero-order valence-electron chi connectivity index (χ0n) is 12.6. The fourth-order valence-corrected chi connectivity index (χ4v) is 2.15. The summed E-state index contributed by atoms with van der Waals surface area (Å²) < 4.78 is 0. The zero-order chi connectivity index (χ0) is 15.4. The molecule has 1 N–H and O–H groups in total. The molecule has 0 aliphatic rings. The molecule has 0 aliphatic heterocycles. The number of hydrogen-bond donors (Lipinski definition) is 1. The molecule has 4 heteroatoms. The third kappa shape index (κ3) is 3.60. The number of aryl methyl sites for hydroxylation is 1. The van der Waals surface area contributed by atoms with Gasteiger partial charge in [0.2, 0.25) is 0 Å². The molecule has 2 rings (SSSR count). The van der Waals surface area contributed by atoms with Crippen LogP contribution < -0.4 is 0 Å². The Morgan fingerprint density at radius 1 is 1.14 bits per heavy atom. The number of carbonyl (C=O) groups is 2. The van der Waals surface area contributed by atoms with Crippen molar-refractivity contribution in [2.24, 2.45) is 0 Å². The van der Waals surface area contributed by atoms with Gasteiger partial charge in [0.25, 0.3) is 5.91 Å². The Morgan fingerprint density at radius 3 is 2.29 bits per heavy atom. The molecule has 0 atom stereocenters. The molecule has 110 valence electrons. The monoisotopic (exact) mass is 284 g/mol. The highest BCUT2D eigenvalue weighted by atomic mass is 16.2. The zero-order valence-corrected chi connectivity index (χ0v) is 12.6. The predicted octanol–water partition coefficient (Wildman–Crippen LogP) is 3.05. The number of H-pyrrole nitrogens is 1. The molecular weight excluding hydrogens is 264 g/mol. The fourth-order valence-electron chi connectivity index (χ4n) is 2.15. The molecule has 2 aromatic rings. The third-order valence-corrected chi connectivity index (χ3v) is 3.52.